The summed E-state index contributed by atoms with van der Waals surface area (Å²) in [6.07, 6.45) is 6.24. The number of benzene rings is 1. The Balaban J connectivity index is 1.45. The molecule has 1 N–H and O–H groups in total. The van der Waals surface area contributed by atoms with Crippen LogP contribution in [0.15, 0.2) is 24.3 Å². The van der Waals surface area contributed by atoms with Crippen molar-refractivity contribution in [3.63, 3.8) is 0 Å². The third kappa shape index (κ3) is 6.02. The molecule has 1 atom stereocenters. The lowest BCUT2D eigenvalue weighted by molar-refractivity contribution is -0.131. The van der Waals surface area contributed by atoms with Crippen molar-refractivity contribution in [2.75, 3.05) is 32.7 Å². The second kappa shape index (κ2) is 10.4. The molecule has 0 spiro atoms. The van der Waals surface area contributed by atoms with E-state index < -0.39 is 0 Å². The van der Waals surface area contributed by atoms with Crippen LogP contribution < -0.4 is 5.32 Å². The number of nitrogens with zero attached hydrogens (tertiary/aromatic N) is 2. The number of hydrogen-bond acceptors (Lipinski definition) is 3. The van der Waals surface area contributed by atoms with Gasteiger partial charge in [-0.2, -0.15) is 0 Å². The number of carbonyl (C=O) groups excluding carboxylic acids is 3. The van der Waals surface area contributed by atoms with Gasteiger partial charge in [-0.25, -0.2) is 4.39 Å². The number of amides is 3. The van der Waals surface area contributed by atoms with Crippen LogP contribution in [0.4, 0.5) is 4.39 Å². The molecule has 0 saturated carbocycles. The monoisotopic (exact) mass is 403 g/mol. The minimum atomic E-state index is -0.382. The molecule has 3 amide bonds. The number of halogens is 1. The maximum absolute atomic E-state index is 13.1. The minimum absolute atomic E-state index is 0.101. The molecule has 1 aromatic carbocycles. The van der Waals surface area contributed by atoms with Crippen LogP contribution >= 0.6 is 0 Å². The molecule has 2 saturated heterocycles. The van der Waals surface area contributed by atoms with Crippen molar-refractivity contribution >= 4 is 17.7 Å². The molecule has 0 aliphatic carbocycles. The van der Waals surface area contributed by atoms with E-state index in [1.165, 1.54) is 37.1 Å². The molecule has 2 heterocycles. The van der Waals surface area contributed by atoms with Crippen molar-refractivity contribution in [2.45, 2.75) is 44.9 Å². The highest BCUT2D eigenvalue weighted by molar-refractivity contribution is 5.94. The normalized spacial score (nSPS) is 20.1. The van der Waals surface area contributed by atoms with Gasteiger partial charge in [-0.3, -0.25) is 14.4 Å². The van der Waals surface area contributed by atoms with Crippen molar-refractivity contribution in [1.82, 2.24) is 15.1 Å². The number of nitrogens with one attached hydrogen (secondary N) is 1. The number of hydrogen-bond donors (Lipinski definition) is 1. The highest BCUT2D eigenvalue weighted by Gasteiger charge is 2.29. The molecule has 0 bridgehead atoms. The van der Waals surface area contributed by atoms with Gasteiger partial charge in [0.15, 0.2) is 0 Å². The van der Waals surface area contributed by atoms with Gasteiger partial charge < -0.3 is 15.1 Å². The van der Waals surface area contributed by atoms with E-state index in [-0.39, 0.29) is 29.5 Å². The Labute approximate surface area is 171 Å². The first-order valence-electron chi connectivity index (χ1n) is 10.6. The number of rotatable bonds is 5. The zero-order valence-corrected chi connectivity index (χ0v) is 16.9. The Morgan fingerprint density at radius 1 is 0.931 bits per heavy atom. The topological polar surface area (TPSA) is 69.7 Å². The van der Waals surface area contributed by atoms with Gasteiger partial charge in [0.2, 0.25) is 11.8 Å². The summed E-state index contributed by atoms with van der Waals surface area (Å²) in [6.45, 7) is 2.90. The Morgan fingerprint density at radius 3 is 2.28 bits per heavy atom. The molecule has 2 aliphatic rings. The summed E-state index contributed by atoms with van der Waals surface area (Å²) in [5.74, 6) is -0.846. The molecule has 0 aromatic heterocycles. The van der Waals surface area contributed by atoms with Crippen LogP contribution in [0.5, 0.6) is 0 Å². The van der Waals surface area contributed by atoms with E-state index >= 15 is 0 Å². The maximum atomic E-state index is 13.1. The number of piperidine rings is 1. The van der Waals surface area contributed by atoms with Crippen molar-refractivity contribution in [3.05, 3.63) is 35.6 Å². The fourth-order valence-electron chi connectivity index (χ4n) is 4.07. The van der Waals surface area contributed by atoms with E-state index in [9.17, 15) is 18.8 Å². The minimum Gasteiger partial charge on any atom is -0.355 e. The number of carbonyl (C=O) groups is 3. The van der Waals surface area contributed by atoms with Gasteiger partial charge in [0.25, 0.3) is 5.91 Å². The SMILES string of the molecule is O=C(NCCC(=O)N1CCCCCC1)C1CCCN(C(=O)c2ccc(F)cc2)C1. The first kappa shape index (κ1) is 21.3. The van der Waals surface area contributed by atoms with Gasteiger partial charge in [-0.15, -0.1) is 0 Å². The van der Waals surface area contributed by atoms with E-state index in [0.717, 1.165) is 38.8 Å². The molecule has 1 aromatic rings. The Morgan fingerprint density at radius 2 is 1.59 bits per heavy atom. The zero-order chi connectivity index (χ0) is 20.6. The van der Waals surface area contributed by atoms with Crippen LogP contribution in [0.3, 0.4) is 0 Å². The van der Waals surface area contributed by atoms with Crippen LogP contribution in [0.1, 0.15) is 55.3 Å². The van der Waals surface area contributed by atoms with Crippen LogP contribution in [-0.2, 0) is 9.59 Å². The molecule has 158 valence electrons. The lowest BCUT2D eigenvalue weighted by Crippen LogP contribution is -2.46. The quantitative estimate of drug-likeness (QED) is 0.822. The molecule has 2 fully saturated rings. The van der Waals surface area contributed by atoms with Gasteiger partial charge in [0.1, 0.15) is 5.82 Å². The summed E-state index contributed by atoms with van der Waals surface area (Å²) in [6, 6.07) is 5.47. The fraction of sp³-hybridized carbons (Fsp3) is 0.591. The first-order chi connectivity index (χ1) is 14.0. The van der Waals surface area contributed by atoms with E-state index in [2.05, 4.69) is 5.32 Å². The average molecular weight is 403 g/mol. The van der Waals surface area contributed by atoms with Crippen molar-refractivity contribution < 1.29 is 18.8 Å². The summed E-state index contributed by atoms with van der Waals surface area (Å²) in [5.41, 5.74) is 0.426. The summed E-state index contributed by atoms with van der Waals surface area (Å²) >= 11 is 0. The lowest BCUT2D eigenvalue weighted by atomic mass is 9.96. The molecule has 6 nitrogen and oxygen atoms in total. The van der Waals surface area contributed by atoms with Gasteiger partial charge in [-0.05, 0) is 49.9 Å². The first-order valence-corrected chi connectivity index (χ1v) is 10.6. The summed E-state index contributed by atoms with van der Waals surface area (Å²) in [4.78, 5) is 41.0. The Bertz CT molecular complexity index is 715. The average Bonchev–Trinajstić information content (AvgIpc) is 3.03. The standard InChI is InChI=1S/C22H30FN3O3/c23-19-9-7-17(8-10-19)22(29)26-15-5-6-18(16-26)21(28)24-12-11-20(27)25-13-3-1-2-4-14-25/h7-10,18H,1-6,11-16H2,(H,24,28). The zero-order valence-electron chi connectivity index (χ0n) is 16.9. The van der Waals surface area contributed by atoms with Gasteiger partial charge in [-0.1, -0.05) is 12.8 Å². The molecular formula is C22H30FN3O3. The summed E-state index contributed by atoms with van der Waals surface area (Å²) in [5, 5.41) is 2.87. The Kier molecular flexibility index (Phi) is 7.61. The Hall–Kier alpha value is -2.44. The van der Waals surface area contributed by atoms with Crippen molar-refractivity contribution in [1.29, 1.82) is 0 Å². The van der Waals surface area contributed by atoms with Crippen LogP contribution in [0, 0.1) is 11.7 Å². The highest BCUT2D eigenvalue weighted by atomic mass is 19.1. The molecule has 3 rings (SSSR count). The van der Waals surface area contributed by atoms with Crippen LogP contribution in [0.25, 0.3) is 0 Å². The van der Waals surface area contributed by atoms with E-state index in [1.54, 1.807) is 4.90 Å². The van der Waals surface area contributed by atoms with Crippen LogP contribution in [-0.4, -0.2) is 60.2 Å². The fourth-order valence-corrected chi connectivity index (χ4v) is 4.07. The van der Waals surface area contributed by atoms with Gasteiger partial charge >= 0.3 is 0 Å². The maximum Gasteiger partial charge on any atom is 0.253 e. The largest absolute Gasteiger partial charge is 0.355 e. The molecule has 1 unspecified atom stereocenters. The lowest BCUT2D eigenvalue weighted by Gasteiger charge is -2.32. The summed E-state index contributed by atoms with van der Waals surface area (Å²) < 4.78 is 13.1. The van der Waals surface area contributed by atoms with E-state index in [4.69, 9.17) is 0 Å². The summed E-state index contributed by atoms with van der Waals surface area (Å²) in [7, 11) is 0. The highest BCUT2D eigenvalue weighted by Crippen LogP contribution is 2.19. The molecule has 29 heavy (non-hydrogen) atoms. The second-order valence-corrected chi connectivity index (χ2v) is 7.93. The predicted molar refractivity (Wildman–Crippen MR) is 108 cm³/mol. The molecular weight excluding hydrogens is 373 g/mol. The molecule has 0 radical (unpaired) electrons. The number of likely N-dealkylation sites (tertiary alicyclic amines) is 2. The molecule has 7 heteroatoms. The van der Waals surface area contributed by atoms with Gasteiger partial charge in [0.05, 0.1) is 5.92 Å². The van der Waals surface area contributed by atoms with E-state index in [1.807, 2.05) is 4.90 Å². The van der Waals surface area contributed by atoms with Gasteiger partial charge in [0, 0.05) is 44.7 Å². The van der Waals surface area contributed by atoms with Crippen molar-refractivity contribution in [3.8, 4) is 0 Å². The predicted octanol–water partition coefficient (Wildman–Crippen LogP) is 2.59. The van der Waals surface area contributed by atoms with Crippen molar-refractivity contribution in [2.24, 2.45) is 5.92 Å². The smallest absolute Gasteiger partial charge is 0.253 e. The van der Waals surface area contributed by atoms with E-state index in [0.29, 0.717) is 31.6 Å². The van der Waals surface area contributed by atoms with Crippen LogP contribution in [0.2, 0.25) is 0 Å². The third-order valence-corrected chi connectivity index (χ3v) is 5.77. The third-order valence-electron chi connectivity index (χ3n) is 5.77. The second-order valence-electron chi connectivity index (χ2n) is 7.93. The molecule has 2 aliphatic heterocycles.